The molecular formula is C23H29F2NO3. The van der Waals surface area contributed by atoms with Gasteiger partial charge in [0, 0.05) is 6.54 Å². The number of allylic oxidation sites excluding steroid dienone is 2. The third kappa shape index (κ3) is 5.52. The quantitative estimate of drug-likeness (QED) is 0.679. The van der Waals surface area contributed by atoms with E-state index in [1.807, 2.05) is 30.3 Å². The van der Waals surface area contributed by atoms with Crippen molar-refractivity contribution in [2.24, 2.45) is 5.92 Å². The normalized spacial score (nSPS) is 26.3. The molecule has 1 heterocycles. The summed E-state index contributed by atoms with van der Waals surface area (Å²) in [7, 11) is 0. The number of carboxylic acids is 1. The monoisotopic (exact) mass is 405 g/mol. The fourth-order valence-electron chi connectivity index (χ4n) is 3.99. The molecule has 1 aliphatic heterocycles. The van der Waals surface area contributed by atoms with Crippen LogP contribution in [0, 0.1) is 5.92 Å². The zero-order valence-corrected chi connectivity index (χ0v) is 17.0. The van der Waals surface area contributed by atoms with Crippen LogP contribution in [0.2, 0.25) is 0 Å². The van der Waals surface area contributed by atoms with E-state index in [9.17, 15) is 18.7 Å². The van der Waals surface area contributed by atoms with Gasteiger partial charge in [-0.1, -0.05) is 36.4 Å². The molecule has 0 saturated carbocycles. The van der Waals surface area contributed by atoms with Gasteiger partial charge in [-0.2, -0.15) is 0 Å². The van der Waals surface area contributed by atoms with Crippen LogP contribution in [-0.2, 0) is 9.53 Å². The summed E-state index contributed by atoms with van der Waals surface area (Å²) in [6, 6.07) is 9.11. The van der Waals surface area contributed by atoms with Crippen LogP contribution in [0.15, 0.2) is 54.4 Å². The van der Waals surface area contributed by atoms with Crippen LogP contribution in [0.4, 0.5) is 8.78 Å². The number of aliphatic carboxylic acids is 1. The van der Waals surface area contributed by atoms with Crippen LogP contribution in [0.25, 0.3) is 0 Å². The number of piperidine rings is 1. The Morgan fingerprint density at radius 3 is 2.48 bits per heavy atom. The van der Waals surface area contributed by atoms with Gasteiger partial charge in [0.25, 0.3) is 0 Å². The Morgan fingerprint density at radius 1 is 1.28 bits per heavy atom. The molecular weight excluding hydrogens is 376 g/mol. The topological polar surface area (TPSA) is 49.8 Å². The van der Waals surface area contributed by atoms with Gasteiger partial charge in [-0.3, -0.25) is 0 Å². The maximum absolute atomic E-state index is 14.8. The Bertz CT molecular complexity index is 764. The van der Waals surface area contributed by atoms with Crippen molar-refractivity contribution >= 4 is 5.97 Å². The van der Waals surface area contributed by atoms with E-state index < -0.39 is 29.0 Å². The second-order valence-electron chi connectivity index (χ2n) is 8.62. The molecule has 29 heavy (non-hydrogen) atoms. The maximum atomic E-state index is 14.8. The molecule has 0 aromatic heterocycles. The second kappa shape index (κ2) is 8.76. The predicted molar refractivity (Wildman–Crippen MR) is 108 cm³/mol. The van der Waals surface area contributed by atoms with Gasteiger partial charge in [0.15, 0.2) is 0 Å². The first-order chi connectivity index (χ1) is 13.7. The van der Waals surface area contributed by atoms with Crippen molar-refractivity contribution in [1.29, 1.82) is 0 Å². The standard InChI is InChI=1S/C23H29F2NO3/c1-22(2,25)16-26-12-9-17(10-13-26)15-29-23(21(27)28)11-8-19(20(24)14-23)18-6-4-3-5-7-18/h3-8,11,14,17,19H,9-10,12-13,15-16H2,1-2H3,(H,27,28). The lowest BCUT2D eigenvalue weighted by Crippen LogP contribution is -2.44. The molecule has 2 aliphatic rings. The molecule has 1 saturated heterocycles. The van der Waals surface area contributed by atoms with Crippen molar-refractivity contribution < 1.29 is 23.4 Å². The van der Waals surface area contributed by atoms with Gasteiger partial charge < -0.3 is 14.7 Å². The molecule has 1 fully saturated rings. The highest BCUT2D eigenvalue weighted by Crippen LogP contribution is 2.36. The van der Waals surface area contributed by atoms with Crippen molar-refractivity contribution in [2.45, 2.75) is 43.9 Å². The van der Waals surface area contributed by atoms with Crippen molar-refractivity contribution in [3.05, 3.63) is 60.0 Å². The number of ether oxygens (including phenoxy) is 1. The van der Waals surface area contributed by atoms with Crippen LogP contribution >= 0.6 is 0 Å². The molecule has 1 N–H and O–H groups in total. The summed E-state index contributed by atoms with van der Waals surface area (Å²) in [5.41, 5.74) is -2.26. The number of rotatable bonds is 7. The van der Waals surface area contributed by atoms with E-state index in [0.29, 0.717) is 6.54 Å². The molecule has 3 rings (SSSR count). The van der Waals surface area contributed by atoms with Gasteiger partial charge in [0.1, 0.15) is 11.5 Å². The van der Waals surface area contributed by atoms with Crippen molar-refractivity contribution in [2.75, 3.05) is 26.2 Å². The Balaban J connectivity index is 1.61. The third-order valence-corrected chi connectivity index (χ3v) is 5.54. The van der Waals surface area contributed by atoms with E-state index in [2.05, 4.69) is 4.90 Å². The molecule has 2 unspecified atom stereocenters. The summed E-state index contributed by atoms with van der Waals surface area (Å²) >= 11 is 0. The number of carboxylic acid groups (broad SMARTS) is 1. The SMILES string of the molecule is CC(C)(F)CN1CCC(COC2(C(=O)O)C=CC(c3ccccc3)C(F)=C2)CC1. The lowest BCUT2D eigenvalue weighted by atomic mass is 9.87. The summed E-state index contributed by atoms with van der Waals surface area (Å²) in [6.07, 6.45) is 5.68. The Kier molecular flexibility index (Phi) is 6.54. The van der Waals surface area contributed by atoms with Crippen LogP contribution in [0.3, 0.4) is 0 Å². The average molecular weight is 405 g/mol. The van der Waals surface area contributed by atoms with Crippen molar-refractivity contribution in [3.8, 4) is 0 Å². The number of likely N-dealkylation sites (tertiary alicyclic amines) is 1. The number of benzene rings is 1. The highest BCUT2D eigenvalue weighted by atomic mass is 19.1. The molecule has 4 nitrogen and oxygen atoms in total. The van der Waals surface area contributed by atoms with E-state index in [1.54, 1.807) is 19.9 Å². The van der Waals surface area contributed by atoms with Crippen molar-refractivity contribution in [1.82, 2.24) is 4.90 Å². The van der Waals surface area contributed by atoms with E-state index in [0.717, 1.165) is 37.6 Å². The molecule has 1 aliphatic carbocycles. The molecule has 6 heteroatoms. The molecule has 1 aromatic carbocycles. The van der Waals surface area contributed by atoms with Gasteiger partial charge in [-0.15, -0.1) is 0 Å². The summed E-state index contributed by atoms with van der Waals surface area (Å²) < 4.78 is 34.4. The van der Waals surface area contributed by atoms with E-state index in [4.69, 9.17) is 4.74 Å². The molecule has 0 radical (unpaired) electrons. The number of hydrogen-bond acceptors (Lipinski definition) is 3. The number of nitrogens with zero attached hydrogens (tertiary/aromatic N) is 1. The smallest absolute Gasteiger partial charge is 0.344 e. The maximum Gasteiger partial charge on any atom is 0.344 e. The Hall–Kier alpha value is -2.05. The number of halogens is 2. The van der Waals surface area contributed by atoms with Gasteiger partial charge >= 0.3 is 5.97 Å². The third-order valence-electron chi connectivity index (χ3n) is 5.54. The average Bonchev–Trinajstić information content (AvgIpc) is 2.67. The van der Waals surface area contributed by atoms with Crippen LogP contribution in [0.5, 0.6) is 0 Å². The summed E-state index contributed by atoms with van der Waals surface area (Å²) in [6.45, 7) is 5.24. The molecule has 0 spiro atoms. The van der Waals surface area contributed by atoms with E-state index >= 15 is 0 Å². The summed E-state index contributed by atoms with van der Waals surface area (Å²) in [5.74, 6) is -2.19. The minimum atomic E-state index is -1.78. The zero-order chi connectivity index (χ0) is 21.1. The van der Waals surface area contributed by atoms with Gasteiger partial charge in [0.05, 0.1) is 12.5 Å². The zero-order valence-electron chi connectivity index (χ0n) is 17.0. The van der Waals surface area contributed by atoms with E-state index in [-0.39, 0.29) is 12.5 Å². The van der Waals surface area contributed by atoms with Crippen LogP contribution in [0.1, 0.15) is 38.2 Å². The molecule has 158 valence electrons. The van der Waals surface area contributed by atoms with Gasteiger partial charge in [-0.05, 0) is 63.4 Å². The largest absolute Gasteiger partial charge is 0.479 e. The van der Waals surface area contributed by atoms with Crippen LogP contribution in [-0.4, -0.2) is 53.5 Å². The minimum absolute atomic E-state index is 0.168. The highest BCUT2D eigenvalue weighted by molar-refractivity contribution is 5.83. The van der Waals surface area contributed by atoms with Crippen molar-refractivity contribution in [3.63, 3.8) is 0 Å². The first-order valence-corrected chi connectivity index (χ1v) is 10.1. The predicted octanol–water partition coefficient (Wildman–Crippen LogP) is 4.49. The minimum Gasteiger partial charge on any atom is -0.479 e. The fourth-order valence-corrected chi connectivity index (χ4v) is 3.99. The number of carbonyl (C=O) groups is 1. The number of hydrogen-bond donors (Lipinski definition) is 1. The van der Waals surface area contributed by atoms with Crippen LogP contribution < -0.4 is 0 Å². The highest BCUT2D eigenvalue weighted by Gasteiger charge is 2.40. The fraction of sp³-hybridized carbons (Fsp3) is 0.522. The second-order valence-corrected chi connectivity index (χ2v) is 8.62. The first-order valence-electron chi connectivity index (χ1n) is 10.1. The molecule has 2 atom stereocenters. The summed E-state index contributed by atoms with van der Waals surface area (Å²) in [4.78, 5) is 14.0. The first kappa shape index (κ1) is 21.7. The molecule has 0 amide bonds. The number of alkyl halides is 1. The molecule has 1 aromatic rings. The Morgan fingerprint density at radius 2 is 1.93 bits per heavy atom. The molecule has 0 bridgehead atoms. The lowest BCUT2D eigenvalue weighted by Gasteiger charge is -2.36. The lowest BCUT2D eigenvalue weighted by molar-refractivity contribution is -0.156. The van der Waals surface area contributed by atoms with E-state index in [1.165, 1.54) is 6.08 Å². The van der Waals surface area contributed by atoms with Gasteiger partial charge in [0.2, 0.25) is 5.60 Å². The summed E-state index contributed by atoms with van der Waals surface area (Å²) in [5, 5.41) is 9.73. The Labute approximate surface area is 170 Å². The van der Waals surface area contributed by atoms with Gasteiger partial charge in [-0.25, -0.2) is 13.6 Å².